The van der Waals surface area contributed by atoms with E-state index in [1.54, 1.807) is 0 Å². The van der Waals surface area contributed by atoms with Gasteiger partial charge in [0, 0.05) is 0 Å². The Morgan fingerprint density at radius 3 is 1.81 bits per heavy atom. The van der Waals surface area contributed by atoms with Crippen LogP contribution in [0.1, 0.15) is 110 Å². The van der Waals surface area contributed by atoms with Crippen LogP contribution >= 0.6 is 0 Å². The minimum Gasteiger partial charge on any atom is -0.388 e. The highest BCUT2D eigenvalue weighted by Crippen LogP contribution is 2.18. The van der Waals surface area contributed by atoms with E-state index in [-0.39, 0.29) is 13.2 Å². The average molecular weight is 443 g/mol. The van der Waals surface area contributed by atoms with Crippen molar-refractivity contribution in [3.63, 3.8) is 0 Å². The van der Waals surface area contributed by atoms with E-state index in [1.807, 2.05) is 6.08 Å². The van der Waals surface area contributed by atoms with Crippen LogP contribution in [-0.2, 0) is 9.47 Å². The van der Waals surface area contributed by atoms with Gasteiger partial charge in [-0.2, -0.15) is 0 Å². The number of hydrogen-bond donors (Lipinski definition) is 3. The Morgan fingerprint density at radius 2 is 1.32 bits per heavy atom. The molecule has 0 aliphatic carbocycles. The van der Waals surface area contributed by atoms with Crippen LogP contribution < -0.4 is 0 Å². The first-order chi connectivity index (χ1) is 15.2. The van der Waals surface area contributed by atoms with Gasteiger partial charge in [0.25, 0.3) is 0 Å². The Balaban J connectivity index is 1.77. The zero-order valence-corrected chi connectivity index (χ0v) is 20.1. The first kappa shape index (κ1) is 28.6. The molecule has 0 spiro atoms. The number of aliphatic hydroxyl groups is 3. The number of ether oxygens (including phenoxy) is 2. The molecule has 4 atom stereocenters. The molecule has 0 radical (unpaired) electrons. The molecule has 1 aliphatic rings. The van der Waals surface area contributed by atoms with Crippen LogP contribution in [0.15, 0.2) is 12.2 Å². The Morgan fingerprint density at radius 1 is 0.806 bits per heavy atom. The van der Waals surface area contributed by atoms with E-state index in [0.717, 1.165) is 6.42 Å². The summed E-state index contributed by atoms with van der Waals surface area (Å²) in [4.78, 5) is 0. The van der Waals surface area contributed by atoms with Crippen molar-refractivity contribution in [1.82, 2.24) is 0 Å². The van der Waals surface area contributed by atoms with Crippen molar-refractivity contribution in [3.05, 3.63) is 12.2 Å². The summed E-state index contributed by atoms with van der Waals surface area (Å²) in [6, 6.07) is 0. The summed E-state index contributed by atoms with van der Waals surface area (Å²) in [7, 11) is 0. The van der Waals surface area contributed by atoms with Crippen LogP contribution in [0.4, 0.5) is 0 Å². The fourth-order valence-corrected chi connectivity index (χ4v) is 4.14. The van der Waals surface area contributed by atoms with Crippen molar-refractivity contribution in [2.45, 2.75) is 134 Å². The summed E-state index contributed by atoms with van der Waals surface area (Å²) < 4.78 is 10.6. The molecule has 184 valence electrons. The van der Waals surface area contributed by atoms with Gasteiger partial charge in [0.15, 0.2) is 0 Å². The van der Waals surface area contributed by atoms with Crippen molar-refractivity contribution in [1.29, 1.82) is 0 Å². The van der Waals surface area contributed by atoms with Gasteiger partial charge in [-0.25, -0.2) is 0 Å². The van der Waals surface area contributed by atoms with E-state index in [4.69, 9.17) is 9.47 Å². The molecule has 0 bridgehead atoms. The summed E-state index contributed by atoms with van der Waals surface area (Å²) in [5.74, 6) is 0. The van der Waals surface area contributed by atoms with Gasteiger partial charge in [-0.3, -0.25) is 0 Å². The lowest BCUT2D eigenvalue weighted by molar-refractivity contribution is -0.0782. The lowest BCUT2D eigenvalue weighted by Crippen LogP contribution is -2.40. The maximum Gasteiger partial charge on any atom is 0.114 e. The second kappa shape index (κ2) is 20.2. The topological polar surface area (TPSA) is 79.2 Å². The molecule has 1 rings (SSSR count). The maximum absolute atomic E-state index is 9.94. The van der Waals surface area contributed by atoms with Crippen LogP contribution in [0.2, 0.25) is 0 Å². The summed E-state index contributed by atoms with van der Waals surface area (Å²) in [5, 5.41) is 29.1. The molecular weight excluding hydrogens is 392 g/mol. The normalized spacial score (nSPS) is 22.5. The smallest absolute Gasteiger partial charge is 0.114 e. The molecule has 0 aromatic rings. The minimum absolute atomic E-state index is 0.0576. The van der Waals surface area contributed by atoms with Crippen LogP contribution in [0, 0.1) is 0 Å². The Labute approximate surface area is 191 Å². The fourth-order valence-electron chi connectivity index (χ4n) is 4.14. The van der Waals surface area contributed by atoms with Crippen LogP contribution in [-0.4, -0.2) is 59.6 Å². The standard InChI is InChI=1S/C26H50O5/c1-2-3-4-5-6-7-8-9-10-11-12-13-14-15-16-17-18-19-20-30-21-24(28)26-25(29)23(27)22-31-26/h18-19,23-29H,2-17,20-22H2,1H3/b19-18+/t23-,24+,25+,26+/m1/s1. The first-order valence-corrected chi connectivity index (χ1v) is 13.0. The summed E-state index contributed by atoms with van der Waals surface area (Å²) in [6.45, 7) is 2.88. The second-order valence-corrected chi connectivity index (χ2v) is 9.17. The molecule has 1 heterocycles. The van der Waals surface area contributed by atoms with Gasteiger partial charge < -0.3 is 24.8 Å². The van der Waals surface area contributed by atoms with Gasteiger partial charge in [-0.1, -0.05) is 109 Å². The predicted molar refractivity (Wildman–Crippen MR) is 127 cm³/mol. The van der Waals surface area contributed by atoms with Gasteiger partial charge in [0.2, 0.25) is 0 Å². The third-order valence-electron chi connectivity index (χ3n) is 6.21. The molecule has 0 unspecified atom stereocenters. The highest BCUT2D eigenvalue weighted by molar-refractivity contribution is 4.88. The van der Waals surface area contributed by atoms with Crippen molar-refractivity contribution < 1.29 is 24.8 Å². The zero-order valence-electron chi connectivity index (χ0n) is 20.1. The summed E-state index contributed by atoms with van der Waals surface area (Å²) >= 11 is 0. The fraction of sp³-hybridized carbons (Fsp3) is 0.923. The molecule has 0 saturated carbocycles. The van der Waals surface area contributed by atoms with E-state index in [1.165, 1.54) is 96.3 Å². The quantitative estimate of drug-likeness (QED) is 0.166. The van der Waals surface area contributed by atoms with Gasteiger partial charge >= 0.3 is 0 Å². The maximum atomic E-state index is 9.94. The molecule has 0 aromatic heterocycles. The van der Waals surface area contributed by atoms with Crippen LogP contribution in [0.25, 0.3) is 0 Å². The van der Waals surface area contributed by atoms with Gasteiger partial charge in [-0.15, -0.1) is 0 Å². The predicted octanol–water partition coefficient (Wildman–Crippen LogP) is 5.30. The number of unbranched alkanes of at least 4 members (excludes halogenated alkanes) is 15. The molecule has 5 heteroatoms. The van der Waals surface area contributed by atoms with Crippen molar-refractivity contribution in [3.8, 4) is 0 Å². The number of allylic oxidation sites excluding steroid dienone is 1. The summed E-state index contributed by atoms with van der Waals surface area (Å²) in [5.41, 5.74) is 0. The van der Waals surface area contributed by atoms with E-state index >= 15 is 0 Å². The van der Waals surface area contributed by atoms with E-state index in [2.05, 4.69) is 13.0 Å². The molecule has 1 fully saturated rings. The van der Waals surface area contributed by atoms with Gasteiger partial charge in [0.1, 0.15) is 24.4 Å². The molecule has 1 aliphatic heterocycles. The van der Waals surface area contributed by atoms with Crippen LogP contribution in [0.5, 0.6) is 0 Å². The Bertz CT molecular complexity index is 415. The molecule has 5 nitrogen and oxygen atoms in total. The lowest BCUT2D eigenvalue weighted by atomic mass is 10.0. The largest absolute Gasteiger partial charge is 0.388 e. The lowest BCUT2D eigenvalue weighted by Gasteiger charge is -2.20. The SMILES string of the molecule is CCCCCCCCCCCCCCCCC/C=C/COC[C@H](O)[C@@H]1OC[C@@H](O)[C@@H]1O. The van der Waals surface area contributed by atoms with E-state index in [0.29, 0.717) is 6.61 Å². The molecule has 1 saturated heterocycles. The minimum atomic E-state index is -1.04. The van der Waals surface area contributed by atoms with Crippen molar-refractivity contribution in [2.24, 2.45) is 0 Å². The average Bonchev–Trinajstić information content (AvgIpc) is 3.10. The Kier molecular flexibility index (Phi) is 18.6. The molecule has 0 aromatic carbocycles. The van der Waals surface area contributed by atoms with Crippen LogP contribution in [0.3, 0.4) is 0 Å². The Hall–Kier alpha value is -0.460. The van der Waals surface area contributed by atoms with Crippen molar-refractivity contribution in [2.75, 3.05) is 19.8 Å². The molecule has 31 heavy (non-hydrogen) atoms. The monoisotopic (exact) mass is 442 g/mol. The third kappa shape index (κ3) is 15.1. The van der Waals surface area contributed by atoms with Gasteiger partial charge in [-0.05, 0) is 12.8 Å². The second-order valence-electron chi connectivity index (χ2n) is 9.17. The summed E-state index contributed by atoms with van der Waals surface area (Å²) in [6.07, 6.45) is 22.3. The number of aliphatic hydroxyl groups excluding tert-OH is 3. The molecule has 0 amide bonds. The number of rotatable bonds is 21. The zero-order chi connectivity index (χ0) is 22.6. The van der Waals surface area contributed by atoms with E-state index < -0.39 is 24.4 Å². The first-order valence-electron chi connectivity index (χ1n) is 13.0. The molecule has 3 N–H and O–H groups in total. The highest BCUT2D eigenvalue weighted by atomic mass is 16.5. The van der Waals surface area contributed by atoms with Crippen molar-refractivity contribution >= 4 is 0 Å². The van der Waals surface area contributed by atoms with E-state index in [9.17, 15) is 15.3 Å². The molecular formula is C26H50O5. The third-order valence-corrected chi connectivity index (χ3v) is 6.21. The van der Waals surface area contributed by atoms with Gasteiger partial charge in [0.05, 0.1) is 19.8 Å². The highest BCUT2D eigenvalue weighted by Gasteiger charge is 2.39. The number of hydrogen-bond acceptors (Lipinski definition) is 5.